The van der Waals surface area contributed by atoms with Crippen molar-refractivity contribution in [2.45, 2.75) is 39.7 Å². The van der Waals surface area contributed by atoms with Crippen LogP contribution in [0.25, 0.3) is 0 Å². The van der Waals surface area contributed by atoms with Crippen LogP contribution in [0, 0.1) is 16.0 Å². The van der Waals surface area contributed by atoms with Crippen LogP contribution < -0.4 is 14.1 Å². The second kappa shape index (κ2) is 11.5. The van der Waals surface area contributed by atoms with Gasteiger partial charge in [-0.2, -0.15) is 5.09 Å². The highest BCUT2D eigenvalue weighted by atomic mass is 31.2. The van der Waals surface area contributed by atoms with E-state index in [1.165, 1.54) is 31.2 Å². The van der Waals surface area contributed by atoms with Crippen LogP contribution >= 0.6 is 7.75 Å². The summed E-state index contributed by atoms with van der Waals surface area (Å²) in [7, 11) is -4.09. The third kappa shape index (κ3) is 7.70. The van der Waals surface area contributed by atoms with Gasteiger partial charge >= 0.3 is 13.7 Å². The molecule has 0 radical (unpaired) electrons. The zero-order valence-electron chi connectivity index (χ0n) is 17.7. The van der Waals surface area contributed by atoms with Crippen molar-refractivity contribution in [3.05, 3.63) is 64.7 Å². The molecule has 0 spiro atoms. The first kappa shape index (κ1) is 24.4. The number of carbonyl (C=O) groups excluding carboxylic acids is 1. The predicted octanol–water partition coefficient (Wildman–Crippen LogP) is 5.12. The maximum absolute atomic E-state index is 13.4. The summed E-state index contributed by atoms with van der Waals surface area (Å²) in [5, 5.41) is 13.4. The summed E-state index contributed by atoms with van der Waals surface area (Å²) in [5.41, 5.74) is -0.141. The van der Waals surface area contributed by atoms with E-state index in [0.29, 0.717) is 0 Å². The molecular formula is C21H27N2O7P. The second-order valence-electron chi connectivity index (χ2n) is 6.91. The van der Waals surface area contributed by atoms with Gasteiger partial charge in [-0.3, -0.25) is 14.9 Å². The summed E-state index contributed by atoms with van der Waals surface area (Å²) in [5.74, 6) is 0.00349. The minimum Gasteiger partial charge on any atom is -0.464 e. The summed E-state index contributed by atoms with van der Waals surface area (Å²) in [6, 6.07) is 12.4. The van der Waals surface area contributed by atoms with E-state index in [9.17, 15) is 19.5 Å². The molecule has 0 saturated heterocycles. The van der Waals surface area contributed by atoms with Gasteiger partial charge in [0.25, 0.3) is 5.69 Å². The molecule has 0 fully saturated rings. The Hall–Kier alpha value is -2.90. The zero-order chi connectivity index (χ0) is 22.9. The molecule has 0 aliphatic heterocycles. The van der Waals surface area contributed by atoms with Crippen LogP contribution in [-0.2, 0) is 14.1 Å². The second-order valence-corrected chi connectivity index (χ2v) is 8.53. The number of hydrogen-bond acceptors (Lipinski definition) is 7. The Labute approximate surface area is 181 Å². The van der Waals surface area contributed by atoms with Crippen molar-refractivity contribution >= 4 is 19.4 Å². The monoisotopic (exact) mass is 450 g/mol. The Morgan fingerprint density at radius 3 is 2.10 bits per heavy atom. The molecule has 0 unspecified atom stereocenters. The van der Waals surface area contributed by atoms with Crippen LogP contribution in [0.5, 0.6) is 11.5 Å². The quantitative estimate of drug-likeness (QED) is 0.205. The fourth-order valence-corrected chi connectivity index (χ4v) is 4.12. The number of esters is 1. The molecule has 1 N–H and O–H groups in total. The largest absolute Gasteiger partial charge is 0.513 e. The van der Waals surface area contributed by atoms with E-state index >= 15 is 0 Å². The van der Waals surface area contributed by atoms with Crippen molar-refractivity contribution in [2.75, 3.05) is 6.61 Å². The Morgan fingerprint density at radius 1 is 1.03 bits per heavy atom. The normalized spacial score (nSPS) is 13.8. The lowest BCUT2D eigenvalue weighted by Crippen LogP contribution is -2.36. The van der Waals surface area contributed by atoms with Gasteiger partial charge in [-0.1, -0.05) is 44.9 Å². The Kier molecular flexibility index (Phi) is 9.03. The number of non-ortho nitro benzene ring substituents is 1. The van der Waals surface area contributed by atoms with Crippen LogP contribution in [-0.4, -0.2) is 23.5 Å². The average molecular weight is 450 g/mol. The number of nitro benzene ring substituents is 1. The standard InChI is InChI=1S/C21H27N2O7P/c1-4-17(5-2)15-28-21(24)16(3)22-31(27,29-19-9-7-6-8-10-19)30-20-13-11-18(12-14-20)23(25)26/h6-14,16-17H,4-5,15H2,1-3H3,(H,22,27)/t16-,31+/m1/s1. The lowest BCUT2D eigenvalue weighted by atomic mass is 10.1. The van der Waals surface area contributed by atoms with Gasteiger partial charge in [0.2, 0.25) is 0 Å². The first-order chi connectivity index (χ1) is 14.8. The SMILES string of the molecule is CCC(CC)COC(=O)[C@@H](C)N[P@](=O)(Oc1ccccc1)Oc1ccc([N+](=O)[O-])cc1. The molecule has 2 aromatic carbocycles. The van der Waals surface area contributed by atoms with Crippen LogP contribution in [0.3, 0.4) is 0 Å². The molecule has 31 heavy (non-hydrogen) atoms. The van der Waals surface area contributed by atoms with Crippen LogP contribution in [0.15, 0.2) is 54.6 Å². The van der Waals surface area contributed by atoms with Gasteiger partial charge < -0.3 is 13.8 Å². The molecule has 168 valence electrons. The summed E-state index contributed by atoms with van der Waals surface area (Å²) in [4.78, 5) is 22.7. The highest BCUT2D eigenvalue weighted by Gasteiger charge is 2.34. The molecule has 0 aliphatic rings. The van der Waals surface area contributed by atoms with E-state index < -0.39 is 24.7 Å². The van der Waals surface area contributed by atoms with E-state index in [1.807, 2.05) is 13.8 Å². The number of benzene rings is 2. The number of carbonyl (C=O) groups is 1. The molecule has 0 saturated carbocycles. The summed E-state index contributed by atoms with van der Waals surface area (Å²) < 4.78 is 29.8. The average Bonchev–Trinajstić information content (AvgIpc) is 2.75. The number of nitrogens with zero attached hydrogens (tertiary/aromatic N) is 1. The van der Waals surface area contributed by atoms with Gasteiger partial charge in [-0.15, -0.1) is 0 Å². The van der Waals surface area contributed by atoms with Gasteiger partial charge in [0, 0.05) is 12.1 Å². The molecule has 2 rings (SSSR count). The molecule has 2 aromatic rings. The number of hydrogen-bond donors (Lipinski definition) is 1. The van der Waals surface area contributed by atoms with Gasteiger partial charge in [0.15, 0.2) is 0 Å². The molecule has 9 nitrogen and oxygen atoms in total. The number of nitro groups is 1. The highest BCUT2D eigenvalue weighted by molar-refractivity contribution is 7.52. The minimum atomic E-state index is -4.09. The summed E-state index contributed by atoms with van der Waals surface area (Å²) in [6.07, 6.45) is 1.76. The third-order valence-electron chi connectivity index (χ3n) is 4.56. The van der Waals surface area contributed by atoms with Crippen molar-refractivity contribution in [2.24, 2.45) is 5.92 Å². The Morgan fingerprint density at radius 2 is 1.58 bits per heavy atom. The lowest BCUT2D eigenvalue weighted by molar-refractivity contribution is -0.384. The maximum atomic E-state index is 13.4. The van der Waals surface area contributed by atoms with E-state index in [1.54, 1.807) is 30.3 Å². The van der Waals surface area contributed by atoms with Gasteiger partial charge in [-0.05, 0) is 37.1 Å². The molecule has 0 amide bonds. The fourth-order valence-electron chi connectivity index (χ4n) is 2.60. The minimum absolute atomic E-state index is 0.0787. The predicted molar refractivity (Wildman–Crippen MR) is 116 cm³/mol. The maximum Gasteiger partial charge on any atom is 0.513 e. The number of rotatable bonds is 12. The topological polar surface area (TPSA) is 117 Å². The number of para-hydroxylation sites is 1. The zero-order valence-corrected chi connectivity index (χ0v) is 18.6. The molecule has 10 heteroatoms. The van der Waals surface area contributed by atoms with E-state index in [0.717, 1.165) is 12.8 Å². The molecule has 2 atom stereocenters. The molecule has 0 bridgehead atoms. The summed E-state index contributed by atoms with van der Waals surface area (Å²) >= 11 is 0. The Balaban J connectivity index is 2.16. The van der Waals surface area contributed by atoms with Crippen molar-refractivity contribution in [3.8, 4) is 11.5 Å². The van der Waals surface area contributed by atoms with Gasteiger partial charge in [0.05, 0.1) is 11.5 Å². The van der Waals surface area contributed by atoms with E-state index in [-0.39, 0.29) is 29.7 Å². The fraction of sp³-hybridized carbons (Fsp3) is 0.381. The number of ether oxygens (including phenoxy) is 1. The van der Waals surface area contributed by atoms with Crippen molar-refractivity contribution in [3.63, 3.8) is 0 Å². The Bertz CT molecular complexity index is 902. The first-order valence-corrected chi connectivity index (χ1v) is 11.5. The third-order valence-corrected chi connectivity index (χ3v) is 6.17. The summed E-state index contributed by atoms with van der Waals surface area (Å²) in [6.45, 7) is 5.80. The van der Waals surface area contributed by atoms with E-state index in [2.05, 4.69) is 5.09 Å². The first-order valence-electron chi connectivity index (χ1n) is 9.99. The van der Waals surface area contributed by atoms with Crippen molar-refractivity contribution in [1.29, 1.82) is 0 Å². The van der Waals surface area contributed by atoms with Crippen LogP contribution in [0.2, 0.25) is 0 Å². The van der Waals surface area contributed by atoms with Crippen LogP contribution in [0.4, 0.5) is 5.69 Å². The van der Waals surface area contributed by atoms with Crippen LogP contribution in [0.1, 0.15) is 33.6 Å². The molecule has 0 aliphatic carbocycles. The smallest absolute Gasteiger partial charge is 0.464 e. The molecular weight excluding hydrogens is 423 g/mol. The molecule has 0 aromatic heterocycles. The van der Waals surface area contributed by atoms with E-state index in [4.69, 9.17) is 13.8 Å². The lowest BCUT2D eigenvalue weighted by Gasteiger charge is -2.23. The molecule has 0 heterocycles. The van der Waals surface area contributed by atoms with Crippen molar-refractivity contribution < 1.29 is 28.1 Å². The van der Waals surface area contributed by atoms with Crippen molar-refractivity contribution in [1.82, 2.24) is 5.09 Å². The van der Waals surface area contributed by atoms with Gasteiger partial charge in [0.1, 0.15) is 17.5 Å². The number of nitrogens with one attached hydrogen (secondary N) is 1. The van der Waals surface area contributed by atoms with Gasteiger partial charge in [-0.25, -0.2) is 4.57 Å². The highest BCUT2D eigenvalue weighted by Crippen LogP contribution is 2.45.